The molecule has 0 spiro atoms. The van der Waals surface area contributed by atoms with E-state index in [9.17, 15) is 8.42 Å². The Bertz CT molecular complexity index is 662. The second-order valence-corrected chi connectivity index (χ2v) is 8.31. The fourth-order valence-corrected chi connectivity index (χ4v) is 2.49. The number of fused-ring (bicyclic) bond motifs is 1. The number of rotatable bonds is 4. The summed E-state index contributed by atoms with van der Waals surface area (Å²) >= 11 is 1.54. The van der Waals surface area contributed by atoms with E-state index in [2.05, 4.69) is 15.3 Å². The molecule has 0 aliphatic heterocycles. The van der Waals surface area contributed by atoms with Gasteiger partial charge in [-0.1, -0.05) is 0 Å². The Kier molecular flexibility index (Phi) is 3.29. The molecule has 0 amide bonds. The summed E-state index contributed by atoms with van der Waals surface area (Å²) in [4.78, 5) is 8.29. The average Bonchev–Trinajstić information content (AvgIpc) is 2.73. The van der Waals surface area contributed by atoms with Gasteiger partial charge < -0.3 is 5.32 Å². The van der Waals surface area contributed by atoms with Crippen molar-refractivity contribution in [2.24, 2.45) is 0 Å². The number of anilines is 1. The van der Waals surface area contributed by atoms with Crippen LogP contribution in [0.3, 0.4) is 0 Å². The number of hydrogen-bond donors (Lipinski definition) is 1. The highest BCUT2D eigenvalue weighted by Crippen LogP contribution is 2.25. The molecule has 0 fully saturated rings. The van der Waals surface area contributed by atoms with Gasteiger partial charge >= 0.3 is 0 Å². The summed E-state index contributed by atoms with van der Waals surface area (Å²) in [6.45, 7) is 3.71. The van der Waals surface area contributed by atoms with Gasteiger partial charge in [-0.2, -0.15) is 0 Å². The highest BCUT2D eigenvalue weighted by Gasteiger charge is 2.30. The topological polar surface area (TPSA) is 72.0 Å². The van der Waals surface area contributed by atoms with Crippen molar-refractivity contribution in [1.29, 1.82) is 0 Å². The van der Waals surface area contributed by atoms with E-state index in [4.69, 9.17) is 0 Å². The van der Waals surface area contributed by atoms with Crippen molar-refractivity contribution >= 4 is 37.2 Å². The van der Waals surface area contributed by atoms with Gasteiger partial charge in [0, 0.05) is 12.8 Å². The van der Waals surface area contributed by atoms with E-state index in [1.807, 2.05) is 11.4 Å². The maximum Gasteiger partial charge on any atom is 0.154 e. The Labute approximate surface area is 110 Å². The van der Waals surface area contributed by atoms with Gasteiger partial charge in [0.25, 0.3) is 0 Å². The molecule has 0 bridgehead atoms. The minimum absolute atomic E-state index is 0.315. The van der Waals surface area contributed by atoms with Gasteiger partial charge in [-0.3, -0.25) is 0 Å². The van der Waals surface area contributed by atoms with Crippen LogP contribution in [0.15, 0.2) is 17.8 Å². The van der Waals surface area contributed by atoms with E-state index in [1.165, 1.54) is 23.9 Å². The lowest BCUT2D eigenvalue weighted by Gasteiger charge is -2.23. The van der Waals surface area contributed by atoms with Crippen molar-refractivity contribution in [1.82, 2.24) is 9.97 Å². The van der Waals surface area contributed by atoms with Gasteiger partial charge in [-0.15, -0.1) is 11.3 Å². The zero-order valence-electron chi connectivity index (χ0n) is 10.5. The molecule has 0 unspecified atom stereocenters. The normalized spacial score (nSPS) is 12.8. The largest absolute Gasteiger partial charge is 0.367 e. The summed E-state index contributed by atoms with van der Waals surface area (Å²) in [6.07, 6.45) is 2.72. The van der Waals surface area contributed by atoms with Gasteiger partial charge in [-0.05, 0) is 25.3 Å². The fraction of sp³-hybridized carbons (Fsp3) is 0.455. The maximum atomic E-state index is 11.6. The molecule has 2 aromatic rings. The molecule has 7 heteroatoms. The quantitative estimate of drug-likeness (QED) is 0.929. The molecule has 5 nitrogen and oxygen atoms in total. The summed E-state index contributed by atoms with van der Waals surface area (Å²) in [5.41, 5.74) is 0.870. The van der Waals surface area contributed by atoms with Crippen molar-refractivity contribution in [3.8, 4) is 0 Å². The Morgan fingerprint density at radius 1 is 1.39 bits per heavy atom. The molecule has 0 saturated carbocycles. The van der Waals surface area contributed by atoms with Gasteiger partial charge in [0.15, 0.2) is 9.84 Å². The van der Waals surface area contributed by atoms with Gasteiger partial charge in [-0.25, -0.2) is 18.4 Å². The Hall–Kier alpha value is -1.21. The third-order valence-corrected chi connectivity index (χ3v) is 5.99. The molecule has 0 radical (unpaired) electrons. The van der Waals surface area contributed by atoms with E-state index in [-0.39, 0.29) is 0 Å². The molecule has 0 aliphatic carbocycles. The lowest BCUT2D eigenvalue weighted by molar-refractivity contribution is 0.559. The maximum absolute atomic E-state index is 11.6. The SMILES string of the molecule is CC(C)(CNc1ncnc2ccsc12)S(C)(=O)=O. The van der Waals surface area contributed by atoms with E-state index in [1.54, 1.807) is 13.8 Å². The number of hydrogen-bond acceptors (Lipinski definition) is 6. The summed E-state index contributed by atoms with van der Waals surface area (Å²) in [6, 6.07) is 1.91. The van der Waals surface area contributed by atoms with Crippen LogP contribution in [-0.4, -0.2) is 35.9 Å². The van der Waals surface area contributed by atoms with Crippen LogP contribution < -0.4 is 5.32 Å². The zero-order valence-corrected chi connectivity index (χ0v) is 12.1. The van der Waals surface area contributed by atoms with Crippen LogP contribution in [0.1, 0.15) is 13.8 Å². The molecule has 1 N–H and O–H groups in total. The van der Waals surface area contributed by atoms with Crippen LogP contribution in [0, 0.1) is 0 Å². The Morgan fingerprint density at radius 2 is 2.11 bits per heavy atom. The molecular formula is C11H15N3O2S2. The number of nitrogens with one attached hydrogen (secondary N) is 1. The highest BCUT2D eigenvalue weighted by molar-refractivity contribution is 7.92. The summed E-state index contributed by atoms with van der Waals surface area (Å²) in [7, 11) is -3.11. The van der Waals surface area contributed by atoms with E-state index >= 15 is 0 Å². The third kappa shape index (κ3) is 2.46. The molecule has 18 heavy (non-hydrogen) atoms. The van der Waals surface area contributed by atoms with Crippen molar-refractivity contribution in [2.75, 3.05) is 18.1 Å². The number of thiophene rings is 1. The first-order chi connectivity index (χ1) is 8.31. The first kappa shape index (κ1) is 13.2. The van der Waals surface area contributed by atoms with Crippen LogP contribution in [0.4, 0.5) is 5.82 Å². The smallest absolute Gasteiger partial charge is 0.154 e. The lowest BCUT2D eigenvalue weighted by Crippen LogP contribution is -2.38. The lowest BCUT2D eigenvalue weighted by atomic mass is 10.2. The second-order valence-electron chi connectivity index (χ2n) is 4.74. The van der Waals surface area contributed by atoms with Crippen molar-refractivity contribution in [3.63, 3.8) is 0 Å². The summed E-state index contributed by atoms with van der Waals surface area (Å²) in [5.74, 6) is 0.687. The summed E-state index contributed by atoms with van der Waals surface area (Å²) in [5, 5.41) is 5.04. The standard InChI is InChI=1S/C11H15N3O2S2/c1-11(2,18(3,15)16)6-12-10-9-8(4-5-17-9)13-7-14-10/h4-5,7H,6H2,1-3H3,(H,12,13,14). The molecule has 0 aliphatic rings. The minimum atomic E-state index is -3.11. The van der Waals surface area contributed by atoms with E-state index < -0.39 is 14.6 Å². The van der Waals surface area contributed by atoms with Crippen LogP contribution >= 0.6 is 11.3 Å². The second kappa shape index (κ2) is 4.47. The third-order valence-electron chi connectivity index (χ3n) is 2.93. The van der Waals surface area contributed by atoms with Crippen LogP contribution in [0.25, 0.3) is 10.2 Å². The minimum Gasteiger partial charge on any atom is -0.367 e. The molecule has 0 saturated heterocycles. The van der Waals surface area contributed by atoms with Crippen molar-refractivity contribution < 1.29 is 8.42 Å². The summed E-state index contributed by atoms with van der Waals surface area (Å²) < 4.78 is 23.3. The fourth-order valence-electron chi connectivity index (χ4n) is 1.34. The molecular weight excluding hydrogens is 270 g/mol. The monoisotopic (exact) mass is 285 g/mol. The molecule has 2 rings (SSSR count). The molecule has 98 valence electrons. The van der Waals surface area contributed by atoms with Gasteiger partial charge in [0.1, 0.15) is 12.1 Å². The molecule has 2 aromatic heterocycles. The Morgan fingerprint density at radius 3 is 2.78 bits per heavy atom. The first-order valence-electron chi connectivity index (χ1n) is 5.43. The van der Waals surface area contributed by atoms with Crippen LogP contribution in [0.5, 0.6) is 0 Å². The predicted octanol–water partition coefficient (Wildman–Crippen LogP) is 1.93. The number of nitrogens with zero attached hydrogens (tertiary/aromatic N) is 2. The van der Waals surface area contributed by atoms with Crippen LogP contribution in [-0.2, 0) is 9.84 Å². The molecule has 0 atom stereocenters. The molecule has 0 aromatic carbocycles. The predicted molar refractivity (Wildman–Crippen MR) is 74.8 cm³/mol. The van der Waals surface area contributed by atoms with Crippen molar-refractivity contribution in [2.45, 2.75) is 18.6 Å². The van der Waals surface area contributed by atoms with E-state index in [0.29, 0.717) is 12.4 Å². The van der Waals surface area contributed by atoms with E-state index in [0.717, 1.165) is 10.2 Å². The van der Waals surface area contributed by atoms with Crippen LogP contribution in [0.2, 0.25) is 0 Å². The number of aromatic nitrogens is 2. The highest BCUT2D eigenvalue weighted by atomic mass is 32.2. The van der Waals surface area contributed by atoms with Crippen molar-refractivity contribution in [3.05, 3.63) is 17.8 Å². The average molecular weight is 285 g/mol. The van der Waals surface area contributed by atoms with Gasteiger partial charge in [0.05, 0.1) is 15.0 Å². The van der Waals surface area contributed by atoms with Gasteiger partial charge in [0.2, 0.25) is 0 Å². The zero-order chi connectivity index (χ0) is 13.4. The Balaban J connectivity index is 2.23. The molecule has 2 heterocycles. The number of sulfone groups is 1. The first-order valence-corrected chi connectivity index (χ1v) is 8.20.